The maximum Gasteiger partial charge on any atom is 0.175 e. The fourth-order valence-corrected chi connectivity index (χ4v) is 3.66. The first kappa shape index (κ1) is 18.1. The van der Waals surface area contributed by atoms with Crippen molar-refractivity contribution < 1.29 is 8.42 Å². The summed E-state index contributed by atoms with van der Waals surface area (Å²) in [4.78, 5) is 4.81. The van der Waals surface area contributed by atoms with E-state index in [1.807, 2.05) is 67.8 Å². The molecule has 2 heterocycles. The van der Waals surface area contributed by atoms with Crippen LogP contribution in [0.25, 0.3) is 28.1 Å². The van der Waals surface area contributed by atoms with Crippen molar-refractivity contribution in [2.45, 2.75) is 11.8 Å². The van der Waals surface area contributed by atoms with Crippen LogP contribution in [0.4, 0.5) is 0 Å². The van der Waals surface area contributed by atoms with Crippen molar-refractivity contribution in [3.63, 3.8) is 0 Å². The number of nitrogens with zero attached hydrogens (tertiary/aromatic N) is 3. The van der Waals surface area contributed by atoms with Crippen LogP contribution < -0.4 is 0 Å². The second-order valence-electron chi connectivity index (χ2n) is 6.69. The molecule has 0 aliphatic heterocycles. The van der Waals surface area contributed by atoms with Gasteiger partial charge in [-0.15, -0.1) is 0 Å². The lowest BCUT2D eigenvalue weighted by atomic mass is 10.0. The molecule has 0 aliphatic carbocycles. The van der Waals surface area contributed by atoms with Crippen molar-refractivity contribution in [2.75, 3.05) is 6.26 Å². The van der Waals surface area contributed by atoms with E-state index in [4.69, 9.17) is 0 Å². The van der Waals surface area contributed by atoms with Gasteiger partial charge in [-0.1, -0.05) is 36.4 Å². The van der Waals surface area contributed by atoms with Crippen molar-refractivity contribution in [3.05, 3.63) is 84.8 Å². The summed E-state index contributed by atoms with van der Waals surface area (Å²) >= 11 is 0. The van der Waals surface area contributed by atoms with Gasteiger partial charge in [0, 0.05) is 23.7 Å². The lowest BCUT2D eigenvalue weighted by molar-refractivity contribution is 0.602. The monoisotopic (exact) mass is 389 g/mol. The molecule has 2 aromatic heterocycles. The molecule has 0 bridgehead atoms. The predicted molar refractivity (Wildman–Crippen MR) is 110 cm³/mol. The zero-order valence-electron chi connectivity index (χ0n) is 15.6. The quantitative estimate of drug-likeness (QED) is 0.522. The Labute approximate surface area is 164 Å². The van der Waals surface area contributed by atoms with Gasteiger partial charge in [0.2, 0.25) is 0 Å². The molecule has 0 aliphatic rings. The predicted octanol–water partition coefficient (Wildman–Crippen LogP) is 4.31. The summed E-state index contributed by atoms with van der Waals surface area (Å²) in [5.74, 6) is 0.777. The molecule has 0 radical (unpaired) electrons. The molecule has 28 heavy (non-hydrogen) atoms. The smallest absolute Gasteiger partial charge is 0.175 e. The van der Waals surface area contributed by atoms with Crippen LogP contribution >= 0.6 is 0 Å². The molecule has 0 spiro atoms. The number of pyridine rings is 1. The molecule has 0 saturated carbocycles. The highest BCUT2D eigenvalue weighted by Crippen LogP contribution is 2.27. The van der Waals surface area contributed by atoms with Crippen LogP contribution in [-0.2, 0) is 9.84 Å². The molecule has 0 saturated heterocycles. The van der Waals surface area contributed by atoms with Crippen LogP contribution in [0.15, 0.2) is 84.0 Å². The number of hydrogen-bond donors (Lipinski definition) is 0. The maximum absolute atomic E-state index is 11.6. The number of sulfone groups is 1. The number of hydrogen-bond acceptors (Lipinski definition) is 4. The Kier molecular flexibility index (Phi) is 4.57. The fraction of sp³-hybridized carbons (Fsp3) is 0.0909. The average molecular weight is 389 g/mol. The minimum atomic E-state index is -3.20. The lowest BCUT2D eigenvalue weighted by Gasteiger charge is -2.06. The number of aryl methyl sites for hydroxylation is 1. The minimum absolute atomic E-state index is 0.319. The van der Waals surface area contributed by atoms with E-state index in [-0.39, 0.29) is 0 Å². The average Bonchev–Trinajstić information content (AvgIpc) is 3.18. The molecular formula is C22H19N3O2S. The summed E-state index contributed by atoms with van der Waals surface area (Å²) < 4.78 is 25.1. The van der Waals surface area contributed by atoms with Gasteiger partial charge in [0.1, 0.15) is 0 Å². The van der Waals surface area contributed by atoms with Crippen LogP contribution in [0.1, 0.15) is 5.69 Å². The van der Waals surface area contributed by atoms with E-state index in [2.05, 4.69) is 16.1 Å². The highest BCUT2D eigenvalue weighted by atomic mass is 32.2. The van der Waals surface area contributed by atoms with Crippen LogP contribution in [0.2, 0.25) is 0 Å². The first-order valence-electron chi connectivity index (χ1n) is 8.80. The summed E-state index contributed by atoms with van der Waals surface area (Å²) in [5.41, 5.74) is 4.93. The first-order valence-corrected chi connectivity index (χ1v) is 10.7. The van der Waals surface area contributed by atoms with Gasteiger partial charge in [-0.2, -0.15) is 5.10 Å². The highest BCUT2D eigenvalue weighted by Gasteiger charge is 2.09. The number of benzene rings is 2. The zero-order chi connectivity index (χ0) is 19.7. The van der Waals surface area contributed by atoms with Crippen molar-refractivity contribution in [1.29, 1.82) is 0 Å². The Balaban J connectivity index is 1.66. The van der Waals surface area contributed by atoms with Crippen LogP contribution in [0, 0.1) is 6.92 Å². The Morgan fingerprint density at radius 1 is 0.821 bits per heavy atom. The molecule has 5 nitrogen and oxygen atoms in total. The van der Waals surface area contributed by atoms with E-state index < -0.39 is 9.84 Å². The van der Waals surface area contributed by atoms with Crippen LogP contribution in [0.5, 0.6) is 0 Å². The Morgan fingerprint density at radius 3 is 2.18 bits per heavy atom. The normalized spacial score (nSPS) is 11.5. The molecule has 140 valence electrons. The molecule has 0 amide bonds. The van der Waals surface area contributed by atoms with Gasteiger partial charge >= 0.3 is 0 Å². The first-order chi connectivity index (χ1) is 13.4. The summed E-state index contributed by atoms with van der Waals surface area (Å²) in [5, 5.41) is 4.43. The van der Waals surface area contributed by atoms with E-state index >= 15 is 0 Å². The third-order valence-corrected chi connectivity index (χ3v) is 5.63. The fourth-order valence-electron chi connectivity index (χ4n) is 3.03. The largest absolute Gasteiger partial charge is 0.234 e. The van der Waals surface area contributed by atoms with E-state index in [1.54, 1.807) is 16.8 Å². The number of rotatable bonds is 4. The molecule has 2 aromatic carbocycles. The van der Waals surface area contributed by atoms with Gasteiger partial charge in [-0.05, 0) is 53.9 Å². The summed E-state index contributed by atoms with van der Waals surface area (Å²) in [6.45, 7) is 1.95. The van der Waals surface area contributed by atoms with Crippen molar-refractivity contribution >= 4 is 9.84 Å². The van der Waals surface area contributed by atoms with Gasteiger partial charge in [0.05, 0.1) is 11.1 Å². The zero-order valence-corrected chi connectivity index (χ0v) is 16.4. The summed E-state index contributed by atoms with van der Waals surface area (Å²) in [6, 6.07) is 20.8. The van der Waals surface area contributed by atoms with Crippen LogP contribution in [0.3, 0.4) is 0 Å². The molecule has 4 aromatic rings. The van der Waals surface area contributed by atoms with Gasteiger partial charge in [-0.3, -0.25) is 0 Å². The van der Waals surface area contributed by atoms with Crippen molar-refractivity contribution in [1.82, 2.24) is 14.8 Å². The van der Waals surface area contributed by atoms with Gasteiger partial charge in [-0.25, -0.2) is 18.1 Å². The van der Waals surface area contributed by atoms with E-state index in [1.165, 1.54) is 6.26 Å². The Morgan fingerprint density at radius 2 is 1.50 bits per heavy atom. The number of aromatic nitrogens is 3. The standard InChI is InChI=1S/C22H19N3O2S/c1-16-5-3-8-22(24-16)25-15-20(14-23-25)19-7-4-6-18(13-19)17-9-11-21(12-10-17)28(2,26)27/h3-15H,1-2H3. The molecule has 0 unspecified atom stereocenters. The Hall–Kier alpha value is -3.25. The Bertz CT molecular complexity index is 1240. The second-order valence-corrected chi connectivity index (χ2v) is 8.70. The molecule has 0 N–H and O–H groups in total. The van der Waals surface area contributed by atoms with Gasteiger partial charge in [0.15, 0.2) is 15.7 Å². The summed E-state index contributed by atoms with van der Waals surface area (Å²) in [6.07, 6.45) is 4.98. The SMILES string of the molecule is Cc1cccc(-n2cc(-c3cccc(-c4ccc(S(C)(=O)=O)cc4)c3)cn2)n1. The third-order valence-electron chi connectivity index (χ3n) is 4.50. The van der Waals surface area contributed by atoms with E-state index in [9.17, 15) is 8.42 Å². The van der Waals surface area contributed by atoms with E-state index in [0.29, 0.717) is 4.90 Å². The van der Waals surface area contributed by atoms with E-state index in [0.717, 1.165) is 33.8 Å². The van der Waals surface area contributed by atoms with Gasteiger partial charge in [0.25, 0.3) is 0 Å². The molecule has 6 heteroatoms. The summed E-state index contributed by atoms with van der Waals surface area (Å²) in [7, 11) is -3.20. The molecule has 0 fully saturated rings. The second kappa shape index (κ2) is 7.05. The maximum atomic E-state index is 11.6. The van der Waals surface area contributed by atoms with Crippen LogP contribution in [-0.4, -0.2) is 29.4 Å². The topological polar surface area (TPSA) is 64.8 Å². The third kappa shape index (κ3) is 3.73. The minimum Gasteiger partial charge on any atom is -0.234 e. The van der Waals surface area contributed by atoms with Gasteiger partial charge < -0.3 is 0 Å². The van der Waals surface area contributed by atoms with Crippen molar-refractivity contribution in [3.8, 4) is 28.1 Å². The highest BCUT2D eigenvalue weighted by molar-refractivity contribution is 7.90. The molecule has 4 rings (SSSR count). The lowest BCUT2D eigenvalue weighted by Crippen LogP contribution is -1.98. The van der Waals surface area contributed by atoms with Crippen molar-refractivity contribution in [2.24, 2.45) is 0 Å². The molecular weight excluding hydrogens is 370 g/mol. The molecule has 0 atom stereocenters.